The zero-order valence-corrected chi connectivity index (χ0v) is 17.4. The summed E-state index contributed by atoms with van der Waals surface area (Å²) in [4.78, 5) is 6.43. The smallest absolute Gasteiger partial charge is 0.103 e. The summed E-state index contributed by atoms with van der Waals surface area (Å²) >= 11 is 1.61. The third-order valence-corrected chi connectivity index (χ3v) is 6.64. The van der Waals surface area contributed by atoms with E-state index in [4.69, 9.17) is 0 Å². The molecule has 0 unspecified atom stereocenters. The van der Waals surface area contributed by atoms with Gasteiger partial charge in [0.1, 0.15) is 6.07 Å². The number of hydrogen-bond donors (Lipinski definition) is 1. The lowest BCUT2D eigenvalue weighted by Crippen LogP contribution is -2.31. The predicted octanol–water partition coefficient (Wildman–Crippen LogP) is 3.85. The van der Waals surface area contributed by atoms with Crippen molar-refractivity contribution in [1.29, 1.82) is 5.26 Å². The van der Waals surface area contributed by atoms with Crippen LogP contribution in [0.15, 0.2) is 59.0 Å². The molecule has 0 amide bonds. The Kier molecular flexibility index (Phi) is 4.99. The Bertz CT molecular complexity index is 1240. The standard InChI is InChI=1S/C22H21N7S/c1-15-20(5-3-7-25-15)30-21-8-16(13-29-22(21)17(9-23)10-27-29)18-11-26-28(14-18)19-4-2-6-24-12-19/h3,5,7-8,10-11,13-14,19,24H,2,4,6,12H2,1H3/t19-/m0/s1. The van der Waals surface area contributed by atoms with Gasteiger partial charge < -0.3 is 5.32 Å². The molecule has 150 valence electrons. The number of nitriles is 1. The van der Waals surface area contributed by atoms with Crippen LogP contribution in [0, 0.1) is 18.3 Å². The molecule has 0 radical (unpaired) electrons. The molecule has 7 nitrogen and oxygen atoms in total. The fourth-order valence-corrected chi connectivity index (χ4v) is 4.91. The molecule has 0 aliphatic carbocycles. The highest BCUT2D eigenvalue weighted by atomic mass is 32.2. The van der Waals surface area contributed by atoms with Crippen LogP contribution in [0.25, 0.3) is 16.6 Å². The van der Waals surface area contributed by atoms with E-state index in [1.54, 1.807) is 28.7 Å². The summed E-state index contributed by atoms with van der Waals surface area (Å²) in [6.45, 7) is 4.02. The van der Waals surface area contributed by atoms with Crippen LogP contribution in [-0.2, 0) is 0 Å². The van der Waals surface area contributed by atoms with Crippen LogP contribution in [0.1, 0.15) is 30.1 Å². The molecule has 1 saturated heterocycles. The Balaban J connectivity index is 1.58. The zero-order chi connectivity index (χ0) is 20.5. The molecule has 4 aromatic heterocycles. The van der Waals surface area contributed by atoms with Crippen LogP contribution in [0.5, 0.6) is 0 Å². The fraction of sp³-hybridized carbons (Fsp3) is 0.273. The lowest BCUT2D eigenvalue weighted by atomic mass is 10.1. The summed E-state index contributed by atoms with van der Waals surface area (Å²) in [7, 11) is 0. The van der Waals surface area contributed by atoms with Gasteiger partial charge in [-0.2, -0.15) is 15.5 Å². The first-order valence-corrected chi connectivity index (χ1v) is 10.8. The van der Waals surface area contributed by atoms with E-state index in [-0.39, 0.29) is 0 Å². The van der Waals surface area contributed by atoms with Gasteiger partial charge in [-0.25, -0.2) is 4.52 Å². The van der Waals surface area contributed by atoms with Gasteiger partial charge in [0.15, 0.2) is 0 Å². The number of pyridine rings is 2. The second-order valence-electron chi connectivity index (χ2n) is 7.45. The Morgan fingerprint density at radius 2 is 2.13 bits per heavy atom. The average molecular weight is 416 g/mol. The van der Waals surface area contributed by atoms with E-state index in [2.05, 4.69) is 43.5 Å². The summed E-state index contributed by atoms with van der Waals surface area (Å²) in [5.41, 5.74) is 4.41. The highest BCUT2D eigenvalue weighted by Gasteiger charge is 2.18. The monoisotopic (exact) mass is 415 g/mol. The van der Waals surface area contributed by atoms with Crippen LogP contribution < -0.4 is 5.32 Å². The van der Waals surface area contributed by atoms with Crippen LogP contribution in [0.2, 0.25) is 0 Å². The van der Waals surface area contributed by atoms with E-state index < -0.39 is 0 Å². The van der Waals surface area contributed by atoms with Gasteiger partial charge >= 0.3 is 0 Å². The van der Waals surface area contributed by atoms with Crippen molar-refractivity contribution >= 4 is 17.3 Å². The molecule has 0 spiro atoms. The van der Waals surface area contributed by atoms with Crippen molar-refractivity contribution in [3.63, 3.8) is 0 Å². The number of aryl methyl sites for hydroxylation is 1. The van der Waals surface area contributed by atoms with Gasteiger partial charge in [-0.1, -0.05) is 11.8 Å². The number of aromatic nitrogens is 5. The topological polar surface area (TPSA) is 83.8 Å². The van der Waals surface area contributed by atoms with Gasteiger partial charge in [-0.3, -0.25) is 9.67 Å². The molecular formula is C22H21N7S. The summed E-state index contributed by atoms with van der Waals surface area (Å²) in [5, 5.41) is 22.1. The normalized spacial score (nSPS) is 16.6. The largest absolute Gasteiger partial charge is 0.315 e. The van der Waals surface area contributed by atoms with Crippen LogP contribution in [0.3, 0.4) is 0 Å². The molecule has 0 saturated carbocycles. The molecular weight excluding hydrogens is 394 g/mol. The van der Waals surface area contributed by atoms with Gasteiger partial charge in [-0.05, 0) is 44.5 Å². The summed E-state index contributed by atoms with van der Waals surface area (Å²) < 4.78 is 3.86. The molecule has 1 N–H and O–H groups in total. The van der Waals surface area contributed by atoms with E-state index in [1.807, 2.05) is 31.5 Å². The molecule has 5 heterocycles. The first-order valence-electron chi connectivity index (χ1n) is 9.99. The third kappa shape index (κ3) is 3.47. The SMILES string of the molecule is Cc1ncccc1Sc1cc(-c2cnn([C@H]3CCCNC3)c2)cn2ncc(C#N)c12. The second kappa shape index (κ2) is 7.94. The molecule has 5 rings (SSSR count). The first kappa shape index (κ1) is 18.9. The van der Waals surface area contributed by atoms with Crippen molar-refractivity contribution < 1.29 is 0 Å². The first-order chi connectivity index (χ1) is 14.7. The molecule has 8 heteroatoms. The summed E-state index contributed by atoms with van der Waals surface area (Å²) in [6, 6.07) is 8.75. The maximum absolute atomic E-state index is 9.56. The van der Waals surface area contributed by atoms with E-state index >= 15 is 0 Å². The highest BCUT2D eigenvalue weighted by molar-refractivity contribution is 7.99. The molecule has 1 aliphatic rings. The average Bonchev–Trinajstić information content (AvgIpc) is 3.43. The minimum Gasteiger partial charge on any atom is -0.315 e. The Morgan fingerprint density at radius 3 is 2.93 bits per heavy atom. The van der Waals surface area contributed by atoms with Crippen molar-refractivity contribution in [2.75, 3.05) is 13.1 Å². The third-order valence-electron chi connectivity index (χ3n) is 5.46. The van der Waals surface area contributed by atoms with Gasteiger partial charge in [0.25, 0.3) is 0 Å². The zero-order valence-electron chi connectivity index (χ0n) is 16.6. The van der Waals surface area contributed by atoms with Gasteiger partial charge in [0.2, 0.25) is 0 Å². The van der Waals surface area contributed by atoms with Crippen LogP contribution >= 0.6 is 11.8 Å². The fourth-order valence-electron chi connectivity index (χ4n) is 3.84. The Labute approximate surface area is 178 Å². The molecule has 1 aliphatic heterocycles. The number of hydrogen-bond acceptors (Lipinski definition) is 6. The lowest BCUT2D eigenvalue weighted by molar-refractivity contribution is 0.347. The molecule has 30 heavy (non-hydrogen) atoms. The van der Waals surface area contributed by atoms with Crippen LogP contribution in [-0.4, -0.2) is 37.5 Å². The van der Waals surface area contributed by atoms with Crippen LogP contribution in [0.4, 0.5) is 0 Å². The van der Waals surface area contributed by atoms with E-state index in [9.17, 15) is 5.26 Å². The predicted molar refractivity (Wildman–Crippen MR) is 115 cm³/mol. The number of rotatable bonds is 4. The number of fused-ring (bicyclic) bond motifs is 1. The van der Waals surface area contributed by atoms with Gasteiger partial charge in [0.05, 0.1) is 35.2 Å². The van der Waals surface area contributed by atoms with E-state index in [0.717, 1.165) is 51.6 Å². The number of piperidine rings is 1. The number of nitrogens with zero attached hydrogens (tertiary/aromatic N) is 6. The highest BCUT2D eigenvalue weighted by Crippen LogP contribution is 2.36. The minimum atomic E-state index is 0.387. The summed E-state index contributed by atoms with van der Waals surface area (Å²) in [5.74, 6) is 0. The molecule has 1 atom stereocenters. The van der Waals surface area contributed by atoms with Gasteiger partial charge in [0, 0.05) is 46.1 Å². The van der Waals surface area contributed by atoms with Crippen molar-refractivity contribution in [2.45, 2.75) is 35.6 Å². The van der Waals surface area contributed by atoms with E-state index in [1.165, 1.54) is 6.42 Å². The van der Waals surface area contributed by atoms with Crippen molar-refractivity contribution in [3.05, 3.63) is 60.4 Å². The van der Waals surface area contributed by atoms with Gasteiger partial charge in [-0.15, -0.1) is 0 Å². The quantitative estimate of drug-likeness (QED) is 0.545. The molecule has 1 fully saturated rings. The molecule has 0 bridgehead atoms. The Hall–Kier alpha value is -3.15. The molecule has 0 aromatic carbocycles. The maximum Gasteiger partial charge on any atom is 0.103 e. The summed E-state index contributed by atoms with van der Waals surface area (Å²) in [6.07, 6.45) is 11.7. The van der Waals surface area contributed by atoms with E-state index in [0.29, 0.717) is 11.6 Å². The van der Waals surface area contributed by atoms with Crippen molar-refractivity contribution in [1.82, 2.24) is 29.7 Å². The second-order valence-corrected chi connectivity index (χ2v) is 8.54. The molecule has 4 aromatic rings. The van der Waals surface area contributed by atoms with Crippen molar-refractivity contribution in [2.24, 2.45) is 0 Å². The maximum atomic E-state index is 9.56. The lowest BCUT2D eigenvalue weighted by Gasteiger charge is -2.22. The minimum absolute atomic E-state index is 0.387. The number of nitrogens with one attached hydrogen (secondary N) is 1. The Morgan fingerprint density at radius 1 is 1.20 bits per heavy atom. The van der Waals surface area contributed by atoms with Crippen molar-refractivity contribution in [3.8, 4) is 17.2 Å².